The van der Waals surface area contributed by atoms with Gasteiger partial charge in [-0.1, -0.05) is 17.8 Å². The number of benzene rings is 1. The molecule has 0 bridgehead atoms. The first-order valence-electron chi connectivity index (χ1n) is 5.68. The smallest absolute Gasteiger partial charge is 0.191 e. The third-order valence-electron chi connectivity index (χ3n) is 2.51. The van der Waals surface area contributed by atoms with Crippen LogP contribution in [0.4, 0.5) is 4.39 Å². The van der Waals surface area contributed by atoms with Gasteiger partial charge in [-0.2, -0.15) is 0 Å². The van der Waals surface area contributed by atoms with Crippen molar-refractivity contribution in [1.82, 2.24) is 14.8 Å². The zero-order chi connectivity index (χ0) is 13.7. The summed E-state index contributed by atoms with van der Waals surface area (Å²) < 4.78 is 20.3. The molecular formula is C13H14FN3OS. The highest BCUT2D eigenvalue weighted by Gasteiger charge is 2.08. The van der Waals surface area contributed by atoms with Crippen molar-refractivity contribution in [3.8, 4) is 5.75 Å². The maximum Gasteiger partial charge on any atom is 0.191 e. The minimum Gasteiger partial charge on any atom is -0.496 e. The maximum absolute atomic E-state index is 13.2. The molecule has 6 heteroatoms. The molecule has 0 aliphatic rings. The second-order valence-electron chi connectivity index (χ2n) is 3.80. The van der Waals surface area contributed by atoms with Crippen LogP contribution in [-0.2, 0) is 12.3 Å². The summed E-state index contributed by atoms with van der Waals surface area (Å²) in [4.78, 5) is 0. The van der Waals surface area contributed by atoms with Crippen molar-refractivity contribution in [2.75, 3.05) is 7.11 Å². The van der Waals surface area contributed by atoms with Crippen LogP contribution in [-0.4, -0.2) is 21.9 Å². The van der Waals surface area contributed by atoms with E-state index in [0.29, 0.717) is 18.0 Å². The van der Waals surface area contributed by atoms with Gasteiger partial charge in [0.05, 0.1) is 7.11 Å². The van der Waals surface area contributed by atoms with E-state index in [1.54, 1.807) is 25.6 Å². The van der Waals surface area contributed by atoms with E-state index in [0.717, 1.165) is 10.7 Å². The van der Waals surface area contributed by atoms with Gasteiger partial charge in [-0.15, -0.1) is 16.8 Å². The van der Waals surface area contributed by atoms with Gasteiger partial charge in [0.15, 0.2) is 5.16 Å². The standard InChI is InChI=1S/C13H14FN3OS/c1-3-6-17-9-15-16-13(17)19-8-10-7-11(14)4-5-12(10)18-2/h3-5,7,9H,1,6,8H2,2H3. The van der Waals surface area contributed by atoms with Gasteiger partial charge < -0.3 is 9.30 Å². The highest BCUT2D eigenvalue weighted by atomic mass is 32.2. The molecule has 0 spiro atoms. The highest BCUT2D eigenvalue weighted by Crippen LogP contribution is 2.27. The van der Waals surface area contributed by atoms with E-state index in [1.807, 2.05) is 4.57 Å². The van der Waals surface area contributed by atoms with Gasteiger partial charge in [0.25, 0.3) is 0 Å². The van der Waals surface area contributed by atoms with E-state index in [2.05, 4.69) is 16.8 Å². The van der Waals surface area contributed by atoms with Gasteiger partial charge in [0.1, 0.15) is 17.9 Å². The predicted molar refractivity (Wildman–Crippen MR) is 72.7 cm³/mol. The van der Waals surface area contributed by atoms with Crippen LogP contribution in [0.15, 0.2) is 42.3 Å². The summed E-state index contributed by atoms with van der Waals surface area (Å²) in [6.07, 6.45) is 3.42. The Balaban J connectivity index is 2.11. The Morgan fingerprint density at radius 1 is 1.53 bits per heavy atom. The SMILES string of the molecule is C=CCn1cnnc1SCc1cc(F)ccc1OC. The normalized spacial score (nSPS) is 10.4. The third-order valence-corrected chi connectivity index (χ3v) is 3.53. The van der Waals surface area contributed by atoms with Gasteiger partial charge >= 0.3 is 0 Å². The fraction of sp³-hybridized carbons (Fsp3) is 0.231. The van der Waals surface area contributed by atoms with E-state index in [1.165, 1.54) is 23.9 Å². The van der Waals surface area contributed by atoms with E-state index >= 15 is 0 Å². The number of hydrogen-bond donors (Lipinski definition) is 0. The predicted octanol–water partition coefficient (Wildman–Crippen LogP) is 2.90. The molecule has 19 heavy (non-hydrogen) atoms. The second kappa shape index (κ2) is 6.38. The maximum atomic E-state index is 13.2. The molecule has 0 radical (unpaired) electrons. The molecule has 0 aliphatic heterocycles. The number of halogens is 1. The van der Waals surface area contributed by atoms with Crippen LogP contribution in [0.25, 0.3) is 0 Å². The Bertz CT molecular complexity index is 571. The van der Waals surface area contributed by atoms with Crippen LogP contribution in [0.2, 0.25) is 0 Å². The average molecular weight is 279 g/mol. The minimum atomic E-state index is -0.274. The van der Waals surface area contributed by atoms with Crippen molar-refractivity contribution in [1.29, 1.82) is 0 Å². The molecule has 0 atom stereocenters. The van der Waals surface area contributed by atoms with Crippen LogP contribution >= 0.6 is 11.8 Å². The monoisotopic (exact) mass is 279 g/mol. The molecule has 0 saturated heterocycles. The van der Waals surface area contributed by atoms with Gasteiger partial charge in [0.2, 0.25) is 0 Å². The van der Waals surface area contributed by atoms with Crippen molar-refractivity contribution in [2.24, 2.45) is 0 Å². The summed E-state index contributed by atoms with van der Waals surface area (Å²) in [6.45, 7) is 4.33. The number of ether oxygens (including phenoxy) is 1. The lowest BCUT2D eigenvalue weighted by molar-refractivity contribution is 0.410. The molecule has 1 heterocycles. The fourth-order valence-electron chi connectivity index (χ4n) is 1.62. The largest absolute Gasteiger partial charge is 0.496 e. The summed E-state index contributed by atoms with van der Waals surface area (Å²) in [5.74, 6) is 0.962. The number of aromatic nitrogens is 3. The molecule has 0 saturated carbocycles. The van der Waals surface area contributed by atoms with E-state index in [9.17, 15) is 4.39 Å². The van der Waals surface area contributed by atoms with Crippen molar-refractivity contribution in [2.45, 2.75) is 17.5 Å². The fourth-order valence-corrected chi connectivity index (χ4v) is 2.53. The molecule has 1 aromatic carbocycles. The van der Waals surface area contributed by atoms with Crippen LogP contribution in [0.3, 0.4) is 0 Å². The number of methoxy groups -OCH3 is 1. The van der Waals surface area contributed by atoms with Crippen LogP contribution in [0.1, 0.15) is 5.56 Å². The number of nitrogens with zero attached hydrogens (tertiary/aromatic N) is 3. The average Bonchev–Trinajstić information content (AvgIpc) is 2.84. The van der Waals surface area contributed by atoms with Crippen molar-refractivity contribution in [3.63, 3.8) is 0 Å². The molecule has 0 aliphatic carbocycles. The molecule has 0 amide bonds. The van der Waals surface area contributed by atoms with Crippen LogP contribution < -0.4 is 4.74 Å². The summed E-state index contributed by atoms with van der Waals surface area (Å²) in [5.41, 5.74) is 0.792. The Hall–Kier alpha value is -1.82. The van der Waals surface area contributed by atoms with Gasteiger partial charge in [-0.25, -0.2) is 4.39 Å². The first-order valence-corrected chi connectivity index (χ1v) is 6.67. The first kappa shape index (κ1) is 13.6. The van der Waals surface area contributed by atoms with E-state index in [-0.39, 0.29) is 5.82 Å². The first-order chi connectivity index (χ1) is 9.24. The lowest BCUT2D eigenvalue weighted by atomic mass is 10.2. The lowest BCUT2D eigenvalue weighted by Crippen LogP contribution is -1.97. The Kier molecular flexibility index (Phi) is 4.57. The molecule has 100 valence electrons. The molecule has 2 rings (SSSR count). The van der Waals surface area contributed by atoms with Gasteiger partial charge in [-0.05, 0) is 18.2 Å². The minimum absolute atomic E-state index is 0.274. The van der Waals surface area contributed by atoms with Crippen molar-refractivity contribution >= 4 is 11.8 Å². The van der Waals surface area contributed by atoms with Crippen molar-refractivity contribution < 1.29 is 9.13 Å². The number of allylic oxidation sites excluding steroid dienone is 1. The van der Waals surface area contributed by atoms with Crippen LogP contribution in [0.5, 0.6) is 5.75 Å². The van der Waals surface area contributed by atoms with E-state index < -0.39 is 0 Å². The summed E-state index contributed by atoms with van der Waals surface area (Å²) in [5, 5.41) is 8.64. The molecule has 1 aromatic heterocycles. The number of rotatable bonds is 6. The summed E-state index contributed by atoms with van der Waals surface area (Å²) in [7, 11) is 1.57. The Labute approximate surface area is 115 Å². The van der Waals surface area contributed by atoms with Crippen molar-refractivity contribution in [3.05, 3.63) is 48.6 Å². The molecular weight excluding hydrogens is 265 g/mol. The molecule has 0 N–H and O–H groups in total. The summed E-state index contributed by atoms with van der Waals surface area (Å²) in [6, 6.07) is 4.48. The zero-order valence-corrected chi connectivity index (χ0v) is 11.4. The quantitative estimate of drug-likeness (QED) is 0.602. The Morgan fingerprint density at radius 2 is 2.37 bits per heavy atom. The zero-order valence-electron chi connectivity index (χ0n) is 10.5. The molecule has 2 aromatic rings. The lowest BCUT2D eigenvalue weighted by Gasteiger charge is -2.08. The van der Waals surface area contributed by atoms with Gasteiger partial charge in [-0.3, -0.25) is 0 Å². The third kappa shape index (κ3) is 3.35. The number of thioether (sulfide) groups is 1. The molecule has 0 fully saturated rings. The second-order valence-corrected chi connectivity index (χ2v) is 4.74. The topological polar surface area (TPSA) is 39.9 Å². The van der Waals surface area contributed by atoms with E-state index in [4.69, 9.17) is 4.74 Å². The molecule has 4 nitrogen and oxygen atoms in total. The Morgan fingerprint density at radius 3 is 3.11 bits per heavy atom. The molecule has 0 unspecified atom stereocenters. The number of hydrogen-bond acceptors (Lipinski definition) is 4. The highest BCUT2D eigenvalue weighted by molar-refractivity contribution is 7.98. The summed E-state index contributed by atoms with van der Waals surface area (Å²) >= 11 is 1.48. The van der Waals surface area contributed by atoms with Crippen LogP contribution in [0, 0.1) is 5.82 Å². The van der Waals surface area contributed by atoms with Gasteiger partial charge in [0, 0.05) is 17.9 Å².